The minimum atomic E-state index is -0.653. The minimum absolute atomic E-state index is 0.261. The first kappa shape index (κ1) is 25.5. The summed E-state index contributed by atoms with van der Waals surface area (Å²) in [6, 6.07) is 21.3. The summed E-state index contributed by atoms with van der Waals surface area (Å²) in [5.74, 6) is 2.77. The third kappa shape index (κ3) is 6.54. The average molecular weight is 492 g/mol. The molecule has 8 nitrogen and oxygen atoms in total. The molecule has 190 valence electrons. The number of aromatic nitrogens is 2. The molecule has 2 heterocycles. The van der Waals surface area contributed by atoms with Gasteiger partial charge in [-0.2, -0.15) is 5.10 Å². The molecule has 8 heteroatoms. The SMILES string of the molecule is CCOCC(O)CN(Cc1ccco1)Cc1c(-c2ccccc2)nn(C)c1Oc1cccc(OC)c1. The lowest BCUT2D eigenvalue weighted by molar-refractivity contribution is 0.0167. The summed E-state index contributed by atoms with van der Waals surface area (Å²) in [4.78, 5) is 2.12. The van der Waals surface area contributed by atoms with Crippen molar-refractivity contribution in [2.45, 2.75) is 26.1 Å². The number of aliphatic hydroxyl groups excluding tert-OH is 1. The zero-order valence-corrected chi connectivity index (χ0v) is 21.0. The zero-order valence-electron chi connectivity index (χ0n) is 21.0. The molecular weight excluding hydrogens is 458 g/mol. The molecule has 4 rings (SSSR count). The third-order valence-electron chi connectivity index (χ3n) is 5.72. The largest absolute Gasteiger partial charge is 0.497 e. The van der Waals surface area contributed by atoms with Gasteiger partial charge in [0.1, 0.15) is 23.0 Å². The molecule has 0 saturated carbocycles. The van der Waals surface area contributed by atoms with Gasteiger partial charge in [0.15, 0.2) is 0 Å². The summed E-state index contributed by atoms with van der Waals surface area (Å²) in [6.45, 7) is 4.10. The highest BCUT2D eigenvalue weighted by Crippen LogP contribution is 2.35. The molecule has 4 aromatic rings. The molecule has 2 aromatic carbocycles. The first-order valence-electron chi connectivity index (χ1n) is 12.0. The van der Waals surface area contributed by atoms with Crippen LogP contribution in [0.1, 0.15) is 18.2 Å². The van der Waals surface area contributed by atoms with Crippen molar-refractivity contribution in [3.8, 4) is 28.6 Å². The Balaban J connectivity index is 1.70. The lowest BCUT2D eigenvalue weighted by Gasteiger charge is -2.24. The van der Waals surface area contributed by atoms with Crippen LogP contribution in [-0.2, 0) is 24.9 Å². The lowest BCUT2D eigenvalue weighted by Crippen LogP contribution is -2.34. The summed E-state index contributed by atoms with van der Waals surface area (Å²) in [5, 5.41) is 15.5. The number of furan rings is 1. The van der Waals surface area contributed by atoms with Crippen LogP contribution < -0.4 is 9.47 Å². The van der Waals surface area contributed by atoms with Crippen molar-refractivity contribution in [3.05, 3.63) is 84.3 Å². The molecule has 1 unspecified atom stereocenters. The van der Waals surface area contributed by atoms with Crippen LogP contribution in [0.4, 0.5) is 0 Å². The van der Waals surface area contributed by atoms with Gasteiger partial charge in [-0.05, 0) is 31.2 Å². The van der Waals surface area contributed by atoms with Gasteiger partial charge in [-0.3, -0.25) is 4.90 Å². The van der Waals surface area contributed by atoms with Gasteiger partial charge in [-0.25, -0.2) is 4.68 Å². The maximum Gasteiger partial charge on any atom is 0.222 e. The third-order valence-corrected chi connectivity index (χ3v) is 5.72. The summed E-state index contributed by atoms with van der Waals surface area (Å²) in [5.41, 5.74) is 2.71. The van der Waals surface area contributed by atoms with Crippen LogP contribution in [0.15, 0.2) is 77.4 Å². The van der Waals surface area contributed by atoms with Crippen molar-refractivity contribution in [1.29, 1.82) is 0 Å². The van der Waals surface area contributed by atoms with E-state index < -0.39 is 6.10 Å². The summed E-state index contributed by atoms with van der Waals surface area (Å²) < 4.78 is 24.6. The molecule has 0 amide bonds. The zero-order chi connectivity index (χ0) is 25.3. The Morgan fingerprint density at radius 1 is 1.03 bits per heavy atom. The standard InChI is InChI=1S/C28H33N3O5/c1-4-34-20-22(32)17-31(18-25-14-9-15-35-25)19-26-27(21-10-6-5-7-11-21)29-30(2)28(26)36-24-13-8-12-23(16-24)33-3/h5-16,22,32H,4,17-20H2,1-3H3. The number of benzene rings is 2. The average Bonchev–Trinajstić information content (AvgIpc) is 3.51. The molecular formula is C28H33N3O5. The Morgan fingerprint density at radius 2 is 1.83 bits per heavy atom. The summed E-state index contributed by atoms with van der Waals surface area (Å²) in [6.07, 6.45) is 1.00. The van der Waals surface area contributed by atoms with Crippen LogP contribution >= 0.6 is 0 Å². The molecule has 2 aromatic heterocycles. The maximum atomic E-state index is 10.6. The van der Waals surface area contributed by atoms with Gasteiger partial charge in [0.25, 0.3) is 0 Å². The van der Waals surface area contributed by atoms with Gasteiger partial charge < -0.3 is 23.7 Å². The predicted octanol–water partition coefficient (Wildman–Crippen LogP) is 4.88. The van der Waals surface area contributed by atoms with Crippen molar-refractivity contribution >= 4 is 0 Å². The highest BCUT2D eigenvalue weighted by molar-refractivity contribution is 5.65. The number of rotatable bonds is 13. The van der Waals surface area contributed by atoms with Crippen molar-refractivity contribution < 1.29 is 23.7 Å². The second kappa shape index (κ2) is 12.4. The molecule has 0 radical (unpaired) electrons. The predicted molar refractivity (Wildman–Crippen MR) is 137 cm³/mol. The lowest BCUT2D eigenvalue weighted by atomic mass is 10.1. The number of methoxy groups -OCH3 is 1. The maximum absolute atomic E-state index is 10.6. The van der Waals surface area contributed by atoms with E-state index in [0.29, 0.717) is 43.6 Å². The molecule has 0 bridgehead atoms. The highest BCUT2D eigenvalue weighted by Gasteiger charge is 2.24. The fourth-order valence-corrected chi connectivity index (χ4v) is 4.06. The van der Waals surface area contributed by atoms with E-state index >= 15 is 0 Å². The number of aryl methyl sites for hydroxylation is 1. The summed E-state index contributed by atoms with van der Waals surface area (Å²) in [7, 11) is 3.49. The van der Waals surface area contributed by atoms with E-state index in [2.05, 4.69) is 4.90 Å². The van der Waals surface area contributed by atoms with Crippen LogP contribution in [0, 0.1) is 0 Å². The molecule has 0 saturated heterocycles. The number of aliphatic hydroxyl groups is 1. The minimum Gasteiger partial charge on any atom is -0.497 e. The van der Waals surface area contributed by atoms with Crippen LogP contribution in [0.5, 0.6) is 17.4 Å². The van der Waals surface area contributed by atoms with E-state index in [1.165, 1.54) is 0 Å². The Labute approximate surface area is 211 Å². The second-order valence-corrected chi connectivity index (χ2v) is 8.47. The molecule has 36 heavy (non-hydrogen) atoms. The molecule has 0 aliphatic heterocycles. The van der Waals surface area contributed by atoms with Crippen LogP contribution in [0.2, 0.25) is 0 Å². The van der Waals surface area contributed by atoms with Crippen molar-refractivity contribution in [3.63, 3.8) is 0 Å². The van der Waals surface area contributed by atoms with Crippen LogP contribution in [0.3, 0.4) is 0 Å². The van der Waals surface area contributed by atoms with E-state index in [0.717, 1.165) is 22.6 Å². The fraction of sp³-hybridized carbons (Fsp3) is 0.321. The fourth-order valence-electron chi connectivity index (χ4n) is 4.06. The number of nitrogens with zero attached hydrogens (tertiary/aromatic N) is 3. The molecule has 1 N–H and O–H groups in total. The smallest absolute Gasteiger partial charge is 0.222 e. The molecule has 0 fully saturated rings. The van der Waals surface area contributed by atoms with Crippen LogP contribution in [0.25, 0.3) is 11.3 Å². The first-order valence-corrected chi connectivity index (χ1v) is 12.0. The van der Waals surface area contributed by atoms with Gasteiger partial charge in [0.05, 0.1) is 38.2 Å². The van der Waals surface area contributed by atoms with Gasteiger partial charge >= 0.3 is 0 Å². The highest BCUT2D eigenvalue weighted by atomic mass is 16.5. The van der Waals surface area contributed by atoms with Gasteiger partial charge in [0.2, 0.25) is 5.88 Å². The van der Waals surface area contributed by atoms with Gasteiger partial charge in [-0.15, -0.1) is 0 Å². The van der Waals surface area contributed by atoms with Crippen molar-refractivity contribution in [1.82, 2.24) is 14.7 Å². The number of ether oxygens (including phenoxy) is 3. The summed E-state index contributed by atoms with van der Waals surface area (Å²) >= 11 is 0. The molecule has 0 aliphatic rings. The Bertz CT molecular complexity index is 1210. The molecule has 1 atom stereocenters. The second-order valence-electron chi connectivity index (χ2n) is 8.47. The Morgan fingerprint density at radius 3 is 2.56 bits per heavy atom. The number of hydrogen-bond acceptors (Lipinski definition) is 7. The Kier molecular flexibility index (Phi) is 8.78. The van der Waals surface area contributed by atoms with E-state index in [1.54, 1.807) is 18.1 Å². The van der Waals surface area contributed by atoms with E-state index in [1.807, 2.05) is 80.7 Å². The van der Waals surface area contributed by atoms with Crippen molar-refractivity contribution in [2.75, 3.05) is 26.9 Å². The Hall–Kier alpha value is -3.59. The topological polar surface area (TPSA) is 82.1 Å². The normalized spacial score (nSPS) is 12.1. The van der Waals surface area contributed by atoms with E-state index in [9.17, 15) is 5.11 Å². The van der Waals surface area contributed by atoms with E-state index in [4.69, 9.17) is 23.7 Å². The van der Waals surface area contributed by atoms with Crippen LogP contribution in [-0.4, -0.2) is 52.8 Å². The number of hydrogen-bond donors (Lipinski definition) is 1. The molecule has 0 spiro atoms. The van der Waals surface area contributed by atoms with Gasteiger partial charge in [0, 0.05) is 38.4 Å². The quantitative estimate of drug-likeness (QED) is 0.285. The molecule has 0 aliphatic carbocycles. The van der Waals surface area contributed by atoms with Gasteiger partial charge in [-0.1, -0.05) is 36.4 Å². The van der Waals surface area contributed by atoms with E-state index in [-0.39, 0.29) is 6.61 Å². The van der Waals surface area contributed by atoms with Crippen molar-refractivity contribution in [2.24, 2.45) is 7.05 Å². The monoisotopic (exact) mass is 491 g/mol. The first-order chi connectivity index (χ1) is 17.6.